The van der Waals surface area contributed by atoms with Crippen LogP contribution in [0, 0.1) is 4.91 Å². The van der Waals surface area contributed by atoms with Crippen LogP contribution in [-0.2, 0) is 23.9 Å². The van der Waals surface area contributed by atoms with Crippen molar-refractivity contribution < 1.29 is 23.9 Å². The number of carbonyl (C=O) groups excluding carboxylic acids is 3. The van der Waals surface area contributed by atoms with Gasteiger partial charge in [-0.25, -0.2) is 9.59 Å². The van der Waals surface area contributed by atoms with Gasteiger partial charge in [0.05, 0.1) is 24.2 Å². The molecule has 2 rings (SSSR count). The predicted octanol–water partition coefficient (Wildman–Crippen LogP) is 2.62. The van der Waals surface area contributed by atoms with Crippen LogP contribution in [-0.4, -0.2) is 31.4 Å². The number of Topliss-reactive ketones (excluding diaryl/α,β-unsaturated/α-hetero) is 1. The SMILES string of the molecule is COC(=O)C1=C(C)NC(C)=C(C(=O)OCC(C)=O)C1c1ccccc1N=O. The monoisotopic (exact) mass is 372 g/mol. The molecule has 1 aliphatic heterocycles. The van der Waals surface area contributed by atoms with Crippen molar-refractivity contribution in [3.05, 3.63) is 57.3 Å². The lowest BCUT2D eigenvalue weighted by atomic mass is 9.79. The Morgan fingerprint density at radius 2 is 1.67 bits per heavy atom. The van der Waals surface area contributed by atoms with Gasteiger partial charge in [0, 0.05) is 11.4 Å². The molecule has 0 saturated carbocycles. The number of nitrogens with zero attached hydrogens (tertiary/aromatic N) is 1. The molecule has 1 heterocycles. The van der Waals surface area contributed by atoms with Gasteiger partial charge in [-0.05, 0) is 37.6 Å². The van der Waals surface area contributed by atoms with Crippen molar-refractivity contribution >= 4 is 23.4 Å². The van der Waals surface area contributed by atoms with Crippen molar-refractivity contribution in [3.63, 3.8) is 0 Å². The second-order valence-corrected chi connectivity index (χ2v) is 6.06. The van der Waals surface area contributed by atoms with Gasteiger partial charge in [-0.2, -0.15) is 0 Å². The van der Waals surface area contributed by atoms with Crippen LogP contribution in [0.2, 0.25) is 0 Å². The van der Waals surface area contributed by atoms with E-state index in [1.165, 1.54) is 20.1 Å². The van der Waals surface area contributed by atoms with Crippen molar-refractivity contribution in [3.8, 4) is 0 Å². The van der Waals surface area contributed by atoms with E-state index in [1.54, 1.807) is 32.0 Å². The van der Waals surface area contributed by atoms with E-state index in [-0.39, 0.29) is 22.6 Å². The zero-order chi connectivity index (χ0) is 20.1. The molecule has 1 N–H and O–H groups in total. The standard InChI is InChI=1S/C19H20N2O6/c1-10(22)9-27-19(24)16-12(3)20-11(2)15(18(23)26-4)17(16)13-7-5-6-8-14(13)21-25/h5-8,17,20H,9H2,1-4H3. The molecular formula is C19H20N2O6. The highest BCUT2D eigenvalue weighted by Gasteiger charge is 2.39. The lowest BCUT2D eigenvalue weighted by Gasteiger charge is -2.30. The Balaban J connectivity index is 2.67. The van der Waals surface area contributed by atoms with E-state index in [0.29, 0.717) is 17.0 Å². The zero-order valence-corrected chi connectivity index (χ0v) is 15.5. The van der Waals surface area contributed by atoms with Crippen LogP contribution in [0.3, 0.4) is 0 Å². The lowest BCUT2D eigenvalue weighted by molar-refractivity contribution is -0.144. The predicted molar refractivity (Wildman–Crippen MR) is 96.8 cm³/mol. The largest absolute Gasteiger partial charge is 0.466 e. The van der Waals surface area contributed by atoms with Gasteiger partial charge in [0.1, 0.15) is 12.3 Å². The van der Waals surface area contributed by atoms with E-state index < -0.39 is 24.5 Å². The molecule has 8 heteroatoms. The van der Waals surface area contributed by atoms with Crippen LogP contribution in [0.5, 0.6) is 0 Å². The molecule has 0 fully saturated rings. The van der Waals surface area contributed by atoms with Gasteiger partial charge in [0.25, 0.3) is 0 Å². The number of esters is 2. The smallest absolute Gasteiger partial charge is 0.337 e. The molecule has 1 atom stereocenters. The summed E-state index contributed by atoms with van der Waals surface area (Å²) in [5.41, 5.74) is 1.64. The third-order valence-electron chi connectivity index (χ3n) is 4.14. The fraction of sp³-hybridized carbons (Fsp3) is 0.316. The highest BCUT2D eigenvalue weighted by Crippen LogP contribution is 2.42. The summed E-state index contributed by atoms with van der Waals surface area (Å²) in [5.74, 6) is -2.67. The van der Waals surface area contributed by atoms with Crippen LogP contribution in [0.25, 0.3) is 0 Å². The number of dihydropyridines is 1. The van der Waals surface area contributed by atoms with Crippen molar-refractivity contribution in [1.29, 1.82) is 0 Å². The minimum absolute atomic E-state index is 0.0864. The minimum atomic E-state index is -0.924. The highest BCUT2D eigenvalue weighted by atomic mass is 16.5. The number of allylic oxidation sites excluding steroid dienone is 2. The van der Waals surface area contributed by atoms with E-state index in [4.69, 9.17) is 9.47 Å². The molecule has 0 aliphatic carbocycles. The summed E-state index contributed by atoms with van der Waals surface area (Å²) in [6.07, 6.45) is 0. The Hall–Kier alpha value is -3.29. The molecule has 0 radical (unpaired) electrons. The Morgan fingerprint density at radius 3 is 2.22 bits per heavy atom. The number of rotatable bonds is 6. The quantitative estimate of drug-likeness (QED) is 0.603. The van der Waals surface area contributed by atoms with Crippen LogP contribution in [0.4, 0.5) is 5.69 Å². The molecule has 1 aromatic rings. The summed E-state index contributed by atoms with van der Waals surface area (Å²) in [6.45, 7) is 4.20. The summed E-state index contributed by atoms with van der Waals surface area (Å²) in [6, 6.07) is 6.39. The van der Waals surface area contributed by atoms with Crippen molar-refractivity contribution in [2.45, 2.75) is 26.7 Å². The summed E-state index contributed by atoms with van der Waals surface area (Å²) in [4.78, 5) is 47.6. The molecule has 1 aliphatic rings. The van der Waals surface area contributed by atoms with Gasteiger partial charge in [0.2, 0.25) is 0 Å². The van der Waals surface area contributed by atoms with Gasteiger partial charge >= 0.3 is 11.9 Å². The Bertz CT molecular complexity index is 869. The summed E-state index contributed by atoms with van der Waals surface area (Å²) in [5, 5.41) is 5.97. The minimum Gasteiger partial charge on any atom is -0.466 e. The number of nitrogens with one attached hydrogen (secondary N) is 1. The molecular weight excluding hydrogens is 352 g/mol. The second kappa shape index (κ2) is 8.39. The normalized spacial score (nSPS) is 16.5. The molecule has 8 nitrogen and oxygen atoms in total. The van der Waals surface area contributed by atoms with Crippen molar-refractivity contribution in [2.75, 3.05) is 13.7 Å². The maximum Gasteiger partial charge on any atom is 0.337 e. The average Bonchev–Trinajstić information content (AvgIpc) is 2.64. The number of hydrogen-bond donors (Lipinski definition) is 1. The van der Waals surface area contributed by atoms with Gasteiger partial charge < -0.3 is 14.8 Å². The summed E-state index contributed by atoms with van der Waals surface area (Å²) >= 11 is 0. The zero-order valence-electron chi connectivity index (χ0n) is 15.5. The Morgan fingerprint density at radius 1 is 1.07 bits per heavy atom. The fourth-order valence-corrected chi connectivity index (χ4v) is 3.02. The first kappa shape index (κ1) is 20.0. The number of ether oxygens (including phenoxy) is 2. The van der Waals surface area contributed by atoms with Gasteiger partial charge in [-0.15, -0.1) is 4.91 Å². The van der Waals surface area contributed by atoms with Crippen molar-refractivity contribution in [2.24, 2.45) is 5.18 Å². The number of ketones is 1. The van der Waals surface area contributed by atoms with Gasteiger partial charge in [-0.3, -0.25) is 4.79 Å². The van der Waals surface area contributed by atoms with Crippen LogP contribution in [0.1, 0.15) is 32.3 Å². The first-order valence-corrected chi connectivity index (χ1v) is 8.17. The number of nitroso groups, excluding NO2 is 1. The Labute approximate surface area is 156 Å². The third kappa shape index (κ3) is 4.11. The van der Waals surface area contributed by atoms with E-state index in [1.807, 2.05) is 0 Å². The molecule has 0 saturated heterocycles. The first-order chi connectivity index (χ1) is 12.8. The number of hydrogen-bond acceptors (Lipinski definition) is 8. The van der Waals surface area contributed by atoms with E-state index >= 15 is 0 Å². The number of benzene rings is 1. The second-order valence-electron chi connectivity index (χ2n) is 6.06. The van der Waals surface area contributed by atoms with E-state index in [0.717, 1.165) is 0 Å². The lowest BCUT2D eigenvalue weighted by Crippen LogP contribution is -2.32. The molecule has 0 aromatic heterocycles. The molecule has 1 unspecified atom stereocenters. The van der Waals surface area contributed by atoms with Crippen LogP contribution in [0.15, 0.2) is 52.0 Å². The molecule has 27 heavy (non-hydrogen) atoms. The maximum absolute atomic E-state index is 12.7. The maximum atomic E-state index is 12.7. The molecule has 0 bridgehead atoms. The van der Waals surface area contributed by atoms with Gasteiger partial charge in [-0.1, -0.05) is 18.2 Å². The van der Waals surface area contributed by atoms with E-state index in [2.05, 4.69) is 10.5 Å². The molecule has 142 valence electrons. The Kier molecular flexibility index (Phi) is 6.23. The first-order valence-electron chi connectivity index (χ1n) is 8.17. The number of methoxy groups -OCH3 is 1. The third-order valence-corrected chi connectivity index (χ3v) is 4.14. The molecule has 1 aromatic carbocycles. The molecule has 0 spiro atoms. The fourth-order valence-electron chi connectivity index (χ4n) is 3.02. The van der Waals surface area contributed by atoms with Crippen LogP contribution < -0.4 is 5.32 Å². The molecule has 0 amide bonds. The van der Waals surface area contributed by atoms with Crippen LogP contribution >= 0.6 is 0 Å². The number of carbonyl (C=O) groups is 3. The summed E-state index contributed by atoms with van der Waals surface area (Å²) < 4.78 is 9.94. The topological polar surface area (TPSA) is 111 Å². The van der Waals surface area contributed by atoms with Crippen molar-refractivity contribution in [1.82, 2.24) is 5.32 Å². The average molecular weight is 372 g/mol. The highest BCUT2D eigenvalue weighted by molar-refractivity contribution is 6.00. The van der Waals surface area contributed by atoms with E-state index in [9.17, 15) is 19.3 Å². The van der Waals surface area contributed by atoms with Gasteiger partial charge in [0.15, 0.2) is 5.78 Å². The summed E-state index contributed by atoms with van der Waals surface area (Å²) in [7, 11) is 1.22.